The molecule has 2 aromatic heterocycles. The smallest absolute Gasteiger partial charge is 0.278 e. The number of rotatable bonds is 7. The molecule has 0 aliphatic heterocycles. The van der Waals surface area contributed by atoms with Crippen LogP contribution in [0.3, 0.4) is 0 Å². The lowest BCUT2D eigenvalue weighted by atomic mass is 10.3. The summed E-state index contributed by atoms with van der Waals surface area (Å²) in [6, 6.07) is 11.5. The second-order valence-electron chi connectivity index (χ2n) is 7.17. The fraction of sp³-hybridized carbons (Fsp3) is 0.217. The molecule has 34 heavy (non-hydrogen) atoms. The highest BCUT2D eigenvalue weighted by molar-refractivity contribution is 7.99. The van der Waals surface area contributed by atoms with Gasteiger partial charge in [0.05, 0.1) is 17.1 Å². The summed E-state index contributed by atoms with van der Waals surface area (Å²) in [5.74, 6) is -1.01. The van der Waals surface area contributed by atoms with E-state index in [2.05, 4.69) is 4.98 Å². The first-order valence-corrected chi connectivity index (χ1v) is 12.7. The molecule has 0 aliphatic carbocycles. The first-order chi connectivity index (χ1) is 16.3. The number of para-hydroxylation sites is 1. The minimum absolute atomic E-state index is 0.0470. The van der Waals surface area contributed by atoms with E-state index >= 15 is 0 Å². The molecule has 0 radical (unpaired) electrons. The van der Waals surface area contributed by atoms with E-state index in [1.165, 1.54) is 39.5 Å². The number of thioether (sulfide) groups is 1. The van der Waals surface area contributed by atoms with Gasteiger partial charge in [0.1, 0.15) is 16.3 Å². The third-order valence-electron chi connectivity index (χ3n) is 5.20. The Bertz CT molecular complexity index is 1470. The number of hydrogen-bond donors (Lipinski definition) is 0. The summed E-state index contributed by atoms with van der Waals surface area (Å²) in [5.41, 5.74) is 0.359. The molecule has 0 atom stereocenters. The van der Waals surface area contributed by atoms with Crippen LogP contribution in [0.2, 0.25) is 0 Å². The van der Waals surface area contributed by atoms with E-state index in [4.69, 9.17) is 12.2 Å². The van der Waals surface area contributed by atoms with E-state index in [-0.39, 0.29) is 36.8 Å². The molecule has 2 heterocycles. The first kappa shape index (κ1) is 24.2. The molecular weight excluding hydrogens is 498 g/mol. The summed E-state index contributed by atoms with van der Waals surface area (Å²) in [5, 5.41) is 0.225. The van der Waals surface area contributed by atoms with Crippen LogP contribution < -0.4 is 5.56 Å². The minimum atomic E-state index is -0.506. The van der Waals surface area contributed by atoms with Crippen LogP contribution in [-0.2, 0) is 4.79 Å². The Labute approximate surface area is 207 Å². The zero-order valence-electron chi connectivity index (χ0n) is 18.3. The zero-order valence-corrected chi connectivity index (χ0v) is 20.8. The molecule has 0 spiro atoms. The average Bonchev–Trinajstić information content (AvgIpc) is 3.16. The largest absolute Gasteiger partial charge is 0.343 e. The molecule has 1 amide bonds. The summed E-state index contributed by atoms with van der Waals surface area (Å²) in [6.45, 7) is 4.89. The molecule has 4 rings (SSSR count). The Balaban J connectivity index is 1.93. The summed E-state index contributed by atoms with van der Waals surface area (Å²) in [7, 11) is 0. The lowest BCUT2D eigenvalue weighted by Gasteiger charge is -2.19. The molecule has 0 unspecified atom stereocenters. The van der Waals surface area contributed by atoms with Crippen molar-refractivity contribution in [3.8, 4) is 11.4 Å². The van der Waals surface area contributed by atoms with Crippen molar-refractivity contribution in [3.05, 3.63) is 74.5 Å². The number of thiazole rings is 1. The number of aromatic nitrogens is 3. The quantitative estimate of drug-likeness (QED) is 0.191. The summed E-state index contributed by atoms with van der Waals surface area (Å²) in [4.78, 5) is 32.5. The van der Waals surface area contributed by atoms with Gasteiger partial charge in [-0.2, -0.15) is 0 Å². The maximum Gasteiger partial charge on any atom is 0.278 e. The van der Waals surface area contributed by atoms with Gasteiger partial charge in [-0.3, -0.25) is 18.7 Å². The molecule has 4 aromatic rings. The van der Waals surface area contributed by atoms with E-state index in [0.717, 1.165) is 23.1 Å². The SMILES string of the molecule is CCN(CC)C(=O)CSc1nc2c(sc(=S)n2-c2ccccc2F)c(=O)n1-c1ccc(F)cc1. The molecule has 0 saturated carbocycles. The maximum absolute atomic E-state index is 14.6. The summed E-state index contributed by atoms with van der Waals surface area (Å²) < 4.78 is 31.4. The van der Waals surface area contributed by atoms with E-state index in [9.17, 15) is 18.4 Å². The molecule has 0 fully saturated rings. The van der Waals surface area contributed by atoms with Gasteiger partial charge in [-0.1, -0.05) is 35.2 Å². The number of benzene rings is 2. The van der Waals surface area contributed by atoms with Crippen LogP contribution in [0, 0.1) is 15.6 Å². The van der Waals surface area contributed by atoms with Gasteiger partial charge in [0, 0.05) is 13.1 Å². The van der Waals surface area contributed by atoms with E-state index in [1.54, 1.807) is 23.1 Å². The fourth-order valence-corrected chi connectivity index (χ4v) is 5.69. The molecule has 176 valence electrons. The van der Waals surface area contributed by atoms with E-state index in [0.29, 0.717) is 18.8 Å². The molecule has 0 N–H and O–H groups in total. The van der Waals surface area contributed by atoms with Gasteiger partial charge in [-0.25, -0.2) is 13.8 Å². The molecule has 0 aliphatic rings. The highest BCUT2D eigenvalue weighted by Gasteiger charge is 2.21. The predicted octanol–water partition coefficient (Wildman–Crippen LogP) is 5.21. The second-order valence-corrected chi connectivity index (χ2v) is 9.76. The van der Waals surface area contributed by atoms with Crippen LogP contribution in [0.5, 0.6) is 0 Å². The van der Waals surface area contributed by atoms with Crippen LogP contribution in [0.4, 0.5) is 8.78 Å². The van der Waals surface area contributed by atoms with Crippen molar-refractivity contribution in [2.24, 2.45) is 0 Å². The summed E-state index contributed by atoms with van der Waals surface area (Å²) >= 11 is 7.57. The van der Waals surface area contributed by atoms with Crippen molar-refractivity contribution in [2.75, 3.05) is 18.8 Å². The van der Waals surface area contributed by atoms with Crippen LogP contribution in [-0.4, -0.2) is 43.8 Å². The van der Waals surface area contributed by atoms with Crippen molar-refractivity contribution in [3.63, 3.8) is 0 Å². The first-order valence-electron chi connectivity index (χ1n) is 10.5. The Kier molecular flexibility index (Phi) is 7.24. The van der Waals surface area contributed by atoms with E-state index in [1.807, 2.05) is 13.8 Å². The van der Waals surface area contributed by atoms with Crippen molar-refractivity contribution >= 4 is 51.6 Å². The van der Waals surface area contributed by atoms with Crippen molar-refractivity contribution in [1.29, 1.82) is 0 Å². The van der Waals surface area contributed by atoms with Crippen LogP contribution in [0.1, 0.15) is 13.8 Å². The van der Waals surface area contributed by atoms with E-state index < -0.39 is 17.2 Å². The number of nitrogens with zero attached hydrogens (tertiary/aromatic N) is 4. The van der Waals surface area contributed by atoms with Crippen LogP contribution in [0.25, 0.3) is 21.7 Å². The van der Waals surface area contributed by atoms with Crippen LogP contribution in [0.15, 0.2) is 58.5 Å². The van der Waals surface area contributed by atoms with Crippen molar-refractivity contribution in [2.45, 2.75) is 19.0 Å². The molecule has 6 nitrogen and oxygen atoms in total. The lowest BCUT2D eigenvalue weighted by molar-refractivity contribution is -0.127. The maximum atomic E-state index is 14.6. The topological polar surface area (TPSA) is 60.1 Å². The Morgan fingerprint density at radius 1 is 1.09 bits per heavy atom. The Morgan fingerprint density at radius 3 is 2.41 bits per heavy atom. The monoisotopic (exact) mass is 518 g/mol. The predicted molar refractivity (Wildman–Crippen MR) is 134 cm³/mol. The standard InChI is InChI=1S/C23H20F2N4O2S3/c1-3-27(4-2)18(30)13-33-22-26-20-19(21(31)28(22)15-11-9-14(24)10-12-15)34-23(32)29(20)17-8-6-5-7-16(17)25/h5-12H,3-4,13H2,1-2H3. The lowest BCUT2D eigenvalue weighted by Crippen LogP contribution is -2.32. The molecule has 0 saturated heterocycles. The molecular formula is C23H20F2N4O2S3. The normalized spacial score (nSPS) is 11.2. The number of hydrogen-bond acceptors (Lipinski definition) is 6. The second kappa shape index (κ2) is 10.2. The van der Waals surface area contributed by atoms with Gasteiger partial charge in [-0.05, 0) is 62.5 Å². The number of fused-ring (bicyclic) bond motifs is 1. The number of halogens is 2. The van der Waals surface area contributed by atoms with Gasteiger partial charge < -0.3 is 4.90 Å². The number of amides is 1. The Morgan fingerprint density at radius 2 is 1.76 bits per heavy atom. The minimum Gasteiger partial charge on any atom is -0.343 e. The highest BCUT2D eigenvalue weighted by atomic mass is 32.2. The zero-order chi connectivity index (χ0) is 24.4. The number of carbonyl (C=O) groups is 1. The average molecular weight is 519 g/mol. The third kappa shape index (κ3) is 4.55. The highest BCUT2D eigenvalue weighted by Crippen LogP contribution is 2.28. The Hall–Kier alpha value is -2.89. The summed E-state index contributed by atoms with van der Waals surface area (Å²) in [6.07, 6.45) is 0. The fourth-order valence-electron chi connectivity index (χ4n) is 3.49. The van der Waals surface area contributed by atoms with Gasteiger partial charge in [-0.15, -0.1) is 0 Å². The van der Waals surface area contributed by atoms with Gasteiger partial charge in [0.15, 0.2) is 14.8 Å². The third-order valence-corrected chi connectivity index (χ3v) is 7.47. The molecule has 11 heteroatoms. The number of carbonyl (C=O) groups excluding carboxylic acids is 1. The van der Waals surface area contributed by atoms with Gasteiger partial charge in [0.2, 0.25) is 5.91 Å². The molecule has 2 aromatic carbocycles. The van der Waals surface area contributed by atoms with Gasteiger partial charge >= 0.3 is 0 Å². The molecule has 0 bridgehead atoms. The van der Waals surface area contributed by atoms with Crippen molar-refractivity contribution < 1.29 is 13.6 Å². The van der Waals surface area contributed by atoms with Gasteiger partial charge in [0.25, 0.3) is 5.56 Å². The van der Waals surface area contributed by atoms with Crippen LogP contribution >= 0.6 is 35.3 Å². The van der Waals surface area contributed by atoms with Crippen molar-refractivity contribution in [1.82, 2.24) is 19.0 Å².